The van der Waals surface area contributed by atoms with Crippen molar-refractivity contribution in [3.05, 3.63) is 60.4 Å². The van der Waals surface area contributed by atoms with Crippen molar-refractivity contribution >= 4 is 27.1 Å². The zero-order valence-corrected chi connectivity index (χ0v) is 20.7. The first-order valence-electron chi connectivity index (χ1n) is 11.2. The lowest BCUT2D eigenvalue weighted by atomic mass is 10.1. The SMILES string of the molecule is CCOc1cc(C)c(Nc2ccnnc2)c(N(CC(O)CO)S(=O)(=O)c2ccccc2OCC)c1. The third-order valence-electron chi connectivity index (χ3n) is 5.03. The normalized spacial score (nSPS) is 12.1. The van der Waals surface area contributed by atoms with E-state index in [2.05, 4.69) is 15.5 Å². The Morgan fingerprint density at radius 1 is 1.09 bits per heavy atom. The molecule has 0 amide bonds. The van der Waals surface area contributed by atoms with E-state index in [0.29, 0.717) is 29.3 Å². The summed E-state index contributed by atoms with van der Waals surface area (Å²) in [6, 6.07) is 11.3. The van der Waals surface area contributed by atoms with Gasteiger partial charge in [-0.1, -0.05) is 12.1 Å². The van der Waals surface area contributed by atoms with Crippen LogP contribution < -0.4 is 19.1 Å². The molecule has 0 fully saturated rings. The van der Waals surface area contributed by atoms with E-state index in [1.165, 1.54) is 18.5 Å². The minimum absolute atomic E-state index is 0.0667. The van der Waals surface area contributed by atoms with E-state index in [1.54, 1.807) is 43.3 Å². The van der Waals surface area contributed by atoms with Crippen LogP contribution in [-0.2, 0) is 10.0 Å². The van der Waals surface area contributed by atoms with Gasteiger partial charge in [0.1, 0.15) is 16.4 Å². The van der Waals surface area contributed by atoms with Gasteiger partial charge in [0.15, 0.2) is 0 Å². The highest BCUT2D eigenvalue weighted by Crippen LogP contribution is 2.40. The summed E-state index contributed by atoms with van der Waals surface area (Å²) >= 11 is 0. The molecule has 10 nitrogen and oxygen atoms in total. The molecule has 0 aliphatic carbocycles. The van der Waals surface area contributed by atoms with Gasteiger partial charge in [0, 0.05) is 6.07 Å². The van der Waals surface area contributed by atoms with Gasteiger partial charge in [-0.15, -0.1) is 0 Å². The van der Waals surface area contributed by atoms with Gasteiger partial charge in [-0.3, -0.25) is 4.31 Å². The molecule has 0 spiro atoms. The highest BCUT2D eigenvalue weighted by atomic mass is 32.2. The molecule has 0 saturated heterocycles. The first-order chi connectivity index (χ1) is 16.8. The number of hydrogen-bond acceptors (Lipinski definition) is 9. The molecule has 1 heterocycles. The van der Waals surface area contributed by atoms with E-state index >= 15 is 0 Å². The van der Waals surface area contributed by atoms with Crippen LogP contribution in [0.3, 0.4) is 0 Å². The van der Waals surface area contributed by atoms with Crippen LogP contribution in [0.5, 0.6) is 11.5 Å². The van der Waals surface area contributed by atoms with Crippen LogP contribution in [0.25, 0.3) is 0 Å². The lowest BCUT2D eigenvalue weighted by Gasteiger charge is -2.30. The Hall–Kier alpha value is -3.41. The van der Waals surface area contributed by atoms with Gasteiger partial charge in [0.2, 0.25) is 0 Å². The maximum absolute atomic E-state index is 14.0. The average Bonchev–Trinajstić information content (AvgIpc) is 2.85. The van der Waals surface area contributed by atoms with Gasteiger partial charge in [-0.05, 0) is 50.6 Å². The van der Waals surface area contributed by atoms with Crippen LogP contribution in [0.15, 0.2) is 59.8 Å². The molecule has 1 atom stereocenters. The quantitative estimate of drug-likeness (QED) is 0.342. The number of para-hydroxylation sites is 1. The summed E-state index contributed by atoms with van der Waals surface area (Å²) in [7, 11) is -4.26. The number of nitrogens with zero attached hydrogens (tertiary/aromatic N) is 3. The molecule has 2 aromatic carbocycles. The summed E-state index contributed by atoms with van der Waals surface area (Å²) in [6.07, 6.45) is 1.68. The Labute approximate surface area is 205 Å². The summed E-state index contributed by atoms with van der Waals surface area (Å²) in [6.45, 7) is 5.01. The zero-order valence-electron chi connectivity index (χ0n) is 19.9. The molecule has 0 radical (unpaired) electrons. The van der Waals surface area contributed by atoms with Crippen molar-refractivity contribution < 1.29 is 28.1 Å². The number of anilines is 3. The minimum atomic E-state index is -4.26. The van der Waals surface area contributed by atoms with Crippen molar-refractivity contribution in [3.63, 3.8) is 0 Å². The molecule has 188 valence electrons. The van der Waals surface area contributed by atoms with E-state index in [9.17, 15) is 18.6 Å². The average molecular weight is 503 g/mol. The Balaban J connectivity index is 2.25. The molecular formula is C24H30N4O6S. The topological polar surface area (TPSA) is 134 Å². The van der Waals surface area contributed by atoms with Crippen molar-refractivity contribution in [1.29, 1.82) is 0 Å². The van der Waals surface area contributed by atoms with Gasteiger partial charge in [0.05, 0.1) is 61.9 Å². The highest BCUT2D eigenvalue weighted by molar-refractivity contribution is 7.93. The Bertz CT molecular complexity index is 1220. The first kappa shape index (κ1) is 26.2. The fourth-order valence-corrected chi connectivity index (χ4v) is 5.13. The van der Waals surface area contributed by atoms with Crippen LogP contribution in [0.2, 0.25) is 0 Å². The largest absolute Gasteiger partial charge is 0.494 e. The van der Waals surface area contributed by atoms with Gasteiger partial charge in [-0.25, -0.2) is 8.42 Å². The van der Waals surface area contributed by atoms with Crippen molar-refractivity contribution in [2.24, 2.45) is 0 Å². The standard InChI is InChI=1S/C24H30N4O6S/c1-4-33-20-12-17(3)24(27-18-10-11-25-26-14-18)21(13-20)28(15-19(30)16-29)35(31,32)23-9-7-6-8-22(23)34-5-2/h6-14,19,29-30H,4-5,15-16H2,1-3H3,(H,25,27). The zero-order chi connectivity index (χ0) is 25.4. The number of aryl methyl sites for hydroxylation is 1. The predicted octanol–water partition coefficient (Wildman–Crippen LogP) is 2.87. The Kier molecular flexibility index (Phi) is 8.85. The van der Waals surface area contributed by atoms with Crippen LogP contribution in [0.1, 0.15) is 19.4 Å². The number of hydrogen-bond donors (Lipinski definition) is 3. The van der Waals surface area contributed by atoms with Crippen LogP contribution in [-0.4, -0.2) is 61.3 Å². The molecule has 3 rings (SSSR count). The fourth-order valence-electron chi connectivity index (χ4n) is 3.49. The summed E-state index contributed by atoms with van der Waals surface area (Å²) in [4.78, 5) is -0.0667. The van der Waals surface area contributed by atoms with Crippen LogP contribution >= 0.6 is 0 Å². The van der Waals surface area contributed by atoms with E-state index in [4.69, 9.17) is 9.47 Å². The number of rotatable bonds is 12. The lowest BCUT2D eigenvalue weighted by Crippen LogP contribution is -2.39. The molecule has 1 aromatic heterocycles. The lowest BCUT2D eigenvalue weighted by molar-refractivity contribution is 0.102. The number of aliphatic hydroxyl groups excluding tert-OH is 2. The second-order valence-corrected chi connectivity index (χ2v) is 9.41. The first-order valence-corrected chi connectivity index (χ1v) is 12.6. The maximum Gasteiger partial charge on any atom is 0.268 e. The van der Waals surface area contributed by atoms with Gasteiger partial charge < -0.3 is 25.0 Å². The second-order valence-electron chi connectivity index (χ2n) is 7.58. The number of nitrogens with one attached hydrogen (secondary N) is 1. The predicted molar refractivity (Wildman–Crippen MR) is 133 cm³/mol. The molecule has 35 heavy (non-hydrogen) atoms. The molecular weight excluding hydrogens is 472 g/mol. The number of aromatic nitrogens is 2. The molecule has 0 aliphatic heterocycles. The Morgan fingerprint density at radius 3 is 2.49 bits per heavy atom. The summed E-state index contributed by atoms with van der Waals surface area (Å²) in [5.74, 6) is 0.638. The molecule has 0 bridgehead atoms. The van der Waals surface area contributed by atoms with Crippen molar-refractivity contribution in [1.82, 2.24) is 10.2 Å². The van der Waals surface area contributed by atoms with Gasteiger partial charge in [0.25, 0.3) is 10.0 Å². The molecule has 0 saturated carbocycles. The molecule has 3 N–H and O–H groups in total. The van der Waals surface area contributed by atoms with E-state index in [-0.39, 0.29) is 22.9 Å². The van der Waals surface area contributed by atoms with Crippen LogP contribution in [0.4, 0.5) is 17.1 Å². The summed E-state index contributed by atoms with van der Waals surface area (Å²) in [5, 5.41) is 30.7. The number of sulfonamides is 1. The number of benzene rings is 2. The Morgan fingerprint density at radius 2 is 1.83 bits per heavy atom. The van der Waals surface area contributed by atoms with Crippen molar-refractivity contribution in [3.8, 4) is 11.5 Å². The molecule has 1 unspecified atom stereocenters. The van der Waals surface area contributed by atoms with Gasteiger partial charge >= 0.3 is 0 Å². The van der Waals surface area contributed by atoms with Crippen LogP contribution in [0, 0.1) is 6.92 Å². The third kappa shape index (κ3) is 6.18. The second kappa shape index (κ2) is 11.8. The monoisotopic (exact) mass is 502 g/mol. The van der Waals surface area contributed by atoms with E-state index < -0.39 is 29.3 Å². The minimum Gasteiger partial charge on any atom is -0.494 e. The molecule has 0 aliphatic rings. The maximum atomic E-state index is 14.0. The fraction of sp³-hybridized carbons (Fsp3) is 0.333. The van der Waals surface area contributed by atoms with E-state index in [1.807, 2.05) is 13.8 Å². The summed E-state index contributed by atoms with van der Waals surface area (Å²) < 4.78 is 40.4. The summed E-state index contributed by atoms with van der Waals surface area (Å²) in [5.41, 5.74) is 1.97. The third-order valence-corrected chi connectivity index (χ3v) is 6.84. The molecule has 3 aromatic rings. The molecule has 11 heteroatoms. The van der Waals surface area contributed by atoms with Crippen molar-refractivity contribution in [2.45, 2.75) is 31.8 Å². The van der Waals surface area contributed by atoms with Gasteiger partial charge in [-0.2, -0.15) is 10.2 Å². The number of aliphatic hydroxyl groups is 2. The van der Waals surface area contributed by atoms with Crippen molar-refractivity contribution in [2.75, 3.05) is 36.0 Å². The smallest absolute Gasteiger partial charge is 0.268 e. The number of ether oxygens (including phenoxy) is 2. The highest BCUT2D eigenvalue weighted by Gasteiger charge is 2.32. The van der Waals surface area contributed by atoms with E-state index in [0.717, 1.165) is 4.31 Å².